The molecule has 0 atom stereocenters. The van der Waals surface area contributed by atoms with Gasteiger partial charge in [0.25, 0.3) is 0 Å². The molecule has 6 heteroatoms. The predicted octanol–water partition coefficient (Wildman–Crippen LogP) is 1.90. The van der Waals surface area contributed by atoms with Gasteiger partial charge in [-0.3, -0.25) is 3.11 Å². The van der Waals surface area contributed by atoms with Crippen molar-refractivity contribution in [3.63, 3.8) is 0 Å². The third kappa shape index (κ3) is 3.23. The van der Waals surface area contributed by atoms with E-state index in [4.69, 9.17) is 10.2 Å². The summed E-state index contributed by atoms with van der Waals surface area (Å²) >= 11 is 1.74. The highest BCUT2D eigenvalue weighted by Gasteiger charge is 2.17. The molecule has 0 amide bonds. The minimum Gasteiger partial charge on any atom is -0.478 e. The van der Waals surface area contributed by atoms with E-state index in [1.807, 2.05) is 0 Å². The van der Waals surface area contributed by atoms with Crippen LogP contribution in [-0.4, -0.2) is 22.2 Å². The van der Waals surface area contributed by atoms with E-state index < -0.39 is 11.9 Å². The maximum Gasteiger partial charge on any atom is 0.353 e. The number of benzene rings is 1. The fourth-order valence-electron chi connectivity index (χ4n) is 1.02. The van der Waals surface area contributed by atoms with Gasteiger partial charge in [-0.05, 0) is 12.1 Å². The second-order valence-electron chi connectivity index (χ2n) is 2.79. The molecular weight excluding hydrogens is 325 g/mol. The minimum atomic E-state index is -1.30. The summed E-state index contributed by atoms with van der Waals surface area (Å²) in [6.45, 7) is 0. The average Bonchev–Trinajstić information content (AvgIpc) is 2.25. The lowest BCUT2D eigenvalue weighted by Crippen LogP contribution is -2.18. The lowest BCUT2D eigenvalue weighted by atomic mass is 10.3. The van der Waals surface area contributed by atoms with Gasteiger partial charge in [-0.1, -0.05) is 18.2 Å². The number of para-hydroxylation sites is 1. The largest absolute Gasteiger partial charge is 0.478 e. The average molecular weight is 333 g/mol. The van der Waals surface area contributed by atoms with Gasteiger partial charge in [0.1, 0.15) is 5.70 Å². The highest BCUT2D eigenvalue weighted by Crippen LogP contribution is 2.23. The maximum atomic E-state index is 10.9. The smallest absolute Gasteiger partial charge is 0.353 e. The van der Waals surface area contributed by atoms with Gasteiger partial charge in [-0.2, -0.15) is 0 Å². The first kappa shape index (κ1) is 12.5. The van der Waals surface area contributed by atoms with E-state index in [9.17, 15) is 9.59 Å². The van der Waals surface area contributed by atoms with Gasteiger partial charge < -0.3 is 10.2 Å². The Kier molecular flexibility index (Phi) is 4.29. The standard InChI is InChI=1S/C10H8INO4/c11-12(7-4-2-1-3-5-7)8(10(15)16)6-9(13)14/h1-6H,(H,13,14)(H,15,16)/b8-6-. The number of nitrogens with zero attached hydrogens (tertiary/aromatic N) is 1. The number of carboxylic acid groups (broad SMARTS) is 2. The number of anilines is 1. The predicted molar refractivity (Wildman–Crippen MR) is 66.3 cm³/mol. The van der Waals surface area contributed by atoms with Gasteiger partial charge >= 0.3 is 11.9 Å². The molecule has 0 unspecified atom stereocenters. The zero-order valence-electron chi connectivity index (χ0n) is 8.00. The fourth-order valence-corrected chi connectivity index (χ4v) is 1.68. The van der Waals surface area contributed by atoms with E-state index in [1.54, 1.807) is 53.2 Å². The van der Waals surface area contributed by atoms with E-state index in [0.717, 1.165) is 0 Å². The lowest BCUT2D eigenvalue weighted by Gasteiger charge is -2.16. The summed E-state index contributed by atoms with van der Waals surface area (Å²) in [6.07, 6.45) is 0.655. The van der Waals surface area contributed by atoms with Gasteiger partial charge in [0, 0.05) is 0 Å². The first-order valence-electron chi connectivity index (χ1n) is 4.21. The zero-order chi connectivity index (χ0) is 12.1. The van der Waals surface area contributed by atoms with Crippen molar-refractivity contribution < 1.29 is 19.8 Å². The van der Waals surface area contributed by atoms with Crippen molar-refractivity contribution in [1.29, 1.82) is 0 Å². The van der Waals surface area contributed by atoms with Crippen molar-refractivity contribution in [2.75, 3.05) is 3.11 Å². The van der Waals surface area contributed by atoms with Crippen LogP contribution in [0.1, 0.15) is 0 Å². The second-order valence-corrected chi connectivity index (χ2v) is 3.75. The summed E-state index contributed by atoms with van der Waals surface area (Å²) in [7, 11) is 0. The molecule has 0 aliphatic carbocycles. The Hall–Kier alpha value is -1.57. The molecule has 1 aromatic carbocycles. The summed E-state index contributed by atoms with van der Waals surface area (Å²) in [6, 6.07) is 8.63. The molecule has 0 aromatic heterocycles. The Balaban J connectivity index is 3.06. The third-order valence-corrected chi connectivity index (χ3v) is 2.75. The summed E-state index contributed by atoms with van der Waals surface area (Å²) in [5.41, 5.74) is 0.289. The number of aliphatic carboxylic acids is 2. The van der Waals surface area contributed by atoms with Gasteiger partial charge in [0.2, 0.25) is 0 Å². The van der Waals surface area contributed by atoms with Gasteiger partial charge in [0.05, 0.1) is 34.6 Å². The number of carboxylic acids is 2. The molecule has 1 rings (SSSR count). The molecule has 84 valence electrons. The maximum absolute atomic E-state index is 10.9. The Bertz CT molecular complexity index is 430. The Labute approximate surface area is 105 Å². The summed E-state index contributed by atoms with van der Waals surface area (Å²) < 4.78 is 1.27. The fraction of sp³-hybridized carbons (Fsp3) is 0. The van der Waals surface area contributed by atoms with Gasteiger partial charge in [-0.25, -0.2) is 9.59 Å². The molecular formula is C10H8INO4. The van der Waals surface area contributed by atoms with Crippen molar-refractivity contribution in [2.24, 2.45) is 0 Å². The molecule has 0 saturated heterocycles. The summed E-state index contributed by atoms with van der Waals surface area (Å²) in [5.74, 6) is -2.59. The second kappa shape index (κ2) is 5.50. The van der Waals surface area contributed by atoms with Crippen molar-refractivity contribution >= 4 is 40.5 Å². The number of hydrogen-bond acceptors (Lipinski definition) is 3. The van der Waals surface area contributed by atoms with E-state index in [1.165, 1.54) is 3.11 Å². The van der Waals surface area contributed by atoms with E-state index >= 15 is 0 Å². The third-order valence-electron chi connectivity index (χ3n) is 1.67. The molecule has 0 radical (unpaired) electrons. The lowest BCUT2D eigenvalue weighted by molar-refractivity contribution is -0.135. The molecule has 5 nitrogen and oxygen atoms in total. The van der Waals surface area contributed by atoms with Crippen LogP contribution in [0, 0.1) is 0 Å². The van der Waals surface area contributed by atoms with Crippen LogP contribution in [0.25, 0.3) is 0 Å². The zero-order valence-corrected chi connectivity index (χ0v) is 10.2. The monoisotopic (exact) mass is 333 g/mol. The van der Waals surface area contributed by atoms with Crippen LogP contribution in [0.3, 0.4) is 0 Å². The van der Waals surface area contributed by atoms with Crippen molar-refractivity contribution in [3.8, 4) is 0 Å². The molecule has 2 N–H and O–H groups in total. The molecule has 0 aliphatic rings. The Morgan fingerprint density at radius 1 is 1.19 bits per heavy atom. The molecule has 16 heavy (non-hydrogen) atoms. The number of halogens is 1. The Morgan fingerprint density at radius 2 is 1.75 bits per heavy atom. The first-order chi connectivity index (χ1) is 7.52. The van der Waals surface area contributed by atoms with Crippen LogP contribution in [0.4, 0.5) is 5.69 Å². The van der Waals surface area contributed by atoms with Gasteiger partial charge in [0.15, 0.2) is 0 Å². The molecule has 0 saturated carbocycles. The van der Waals surface area contributed by atoms with Crippen LogP contribution in [0.5, 0.6) is 0 Å². The highest BCUT2D eigenvalue weighted by atomic mass is 127. The van der Waals surface area contributed by atoms with Crippen LogP contribution in [-0.2, 0) is 9.59 Å². The van der Waals surface area contributed by atoms with Crippen molar-refractivity contribution in [2.45, 2.75) is 0 Å². The topological polar surface area (TPSA) is 77.8 Å². The number of carbonyl (C=O) groups is 2. The highest BCUT2D eigenvalue weighted by molar-refractivity contribution is 14.1. The Morgan fingerprint density at radius 3 is 2.19 bits per heavy atom. The first-order valence-corrected chi connectivity index (χ1v) is 5.17. The van der Waals surface area contributed by atoms with Gasteiger partial charge in [-0.15, -0.1) is 0 Å². The molecule has 0 aliphatic heterocycles. The summed E-state index contributed by atoms with van der Waals surface area (Å²) in [5, 5.41) is 17.4. The molecule has 0 heterocycles. The number of rotatable bonds is 4. The normalized spacial score (nSPS) is 10.9. The number of hydrogen-bond donors (Lipinski definition) is 2. The van der Waals surface area contributed by atoms with E-state index in [-0.39, 0.29) is 5.70 Å². The molecule has 1 aromatic rings. The van der Waals surface area contributed by atoms with E-state index in [2.05, 4.69) is 0 Å². The minimum absolute atomic E-state index is 0.306. The SMILES string of the molecule is O=C(O)/C=C(/C(=O)O)N(I)c1ccccc1. The van der Waals surface area contributed by atoms with Crippen LogP contribution >= 0.6 is 22.9 Å². The quantitative estimate of drug-likeness (QED) is 0.500. The van der Waals surface area contributed by atoms with Crippen molar-refractivity contribution in [3.05, 3.63) is 42.1 Å². The molecule has 0 spiro atoms. The van der Waals surface area contributed by atoms with Crippen LogP contribution < -0.4 is 3.11 Å². The van der Waals surface area contributed by atoms with Crippen molar-refractivity contribution in [1.82, 2.24) is 0 Å². The summed E-state index contributed by atoms with van der Waals surface area (Å²) in [4.78, 5) is 21.4. The molecule has 0 fully saturated rings. The van der Waals surface area contributed by atoms with E-state index in [0.29, 0.717) is 11.8 Å². The van der Waals surface area contributed by atoms with Crippen LogP contribution in [0.2, 0.25) is 0 Å². The van der Waals surface area contributed by atoms with Crippen LogP contribution in [0.15, 0.2) is 42.1 Å². The molecule has 0 bridgehead atoms.